The molecule has 0 fully saturated rings. The number of carbonyl (C=O) groups excluding carboxylic acids is 2. The van der Waals surface area contributed by atoms with E-state index in [1.807, 2.05) is 0 Å². The minimum Gasteiger partial charge on any atom is -0.340 e. The van der Waals surface area contributed by atoms with Crippen LogP contribution >= 0.6 is 0 Å². The summed E-state index contributed by atoms with van der Waals surface area (Å²) in [5.41, 5.74) is 0.570. The first kappa shape index (κ1) is 24.3. The Kier molecular flexibility index (Phi) is 7.72. The third-order valence-electron chi connectivity index (χ3n) is 4.56. The summed E-state index contributed by atoms with van der Waals surface area (Å²) in [5.74, 6) is -4.13. The lowest BCUT2D eigenvalue weighted by Gasteiger charge is -2.22. The predicted octanol–water partition coefficient (Wildman–Crippen LogP) is 3.43. The average Bonchev–Trinajstić information content (AvgIpc) is 2.67. The van der Waals surface area contributed by atoms with Crippen molar-refractivity contribution in [1.29, 1.82) is 0 Å². The molecule has 31 heavy (non-hydrogen) atoms. The van der Waals surface area contributed by atoms with Crippen LogP contribution in [0.5, 0.6) is 0 Å². The molecule has 2 rings (SSSR count). The van der Waals surface area contributed by atoms with Crippen LogP contribution in [0.2, 0.25) is 0 Å². The van der Waals surface area contributed by atoms with Gasteiger partial charge in [-0.15, -0.1) is 0 Å². The average molecular weight is 454 g/mol. The van der Waals surface area contributed by atoms with Crippen LogP contribution in [-0.2, 0) is 14.8 Å². The Balaban J connectivity index is 2.17. The van der Waals surface area contributed by atoms with Gasteiger partial charge in [-0.3, -0.25) is 14.3 Å². The molecule has 1 atom stereocenters. The van der Waals surface area contributed by atoms with Crippen LogP contribution in [0.15, 0.2) is 36.4 Å². The predicted molar refractivity (Wildman–Crippen MR) is 115 cm³/mol. The van der Waals surface area contributed by atoms with E-state index in [1.165, 1.54) is 19.1 Å². The molecule has 0 spiro atoms. The van der Waals surface area contributed by atoms with Gasteiger partial charge in [-0.25, -0.2) is 17.2 Å². The molecule has 7 nitrogen and oxygen atoms in total. The second-order valence-corrected chi connectivity index (χ2v) is 9.33. The second kappa shape index (κ2) is 9.86. The van der Waals surface area contributed by atoms with Crippen LogP contribution in [0, 0.1) is 24.5 Å². The summed E-state index contributed by atoms with van der Waals surface area (Å²) < 4.78 is 53.7. The van der Waals surface area contributed by atoms with E-state index < -0.39 is 45.1 Å². The topological polar surface area (TPSA) is 104 Å². The molecule has 3 N–H and O–H groups in total. The molecule has 2 amide bonds. The number of amides is 2. The molecule has 0 heterocycles. The molecule has 10 heteroatoms. The summed E-state index contributed by atoms with van der Waals surface area (Å²) in [6, 6.07) is 6.58. The molecule has 0 unspecified atom stereocenters. The van der Waals surface area contributed by atoms with E-state index in [0.717, 1.165) is 18.2 Å². The number of carbonyl (C=O) groups is 2. The molecular weight excluding hydrogens is 428 g/mol. The fourth-order valence-electron chi connectivity index (χ4n) is 2.78. The summed E-state index contributed by atoms with van der Waals surface area (Å²) in [6.07, 6.45) is 0. The number of nitrogens with one attached hydrogen (secondary N) is 3. The molecular formula is C21H25F2N3O4S. The standard InChI is InChI=1S/C21H25F2N3O4S/c1-5-31(29,30)26-17-10-9-14(11-13(17)4)24-21(28)19(12(2)3)25-20(27)18-15(22)7-6-8-16(18)23/h6-12,19,26H,5H2,1-4H3,(H,24,28)(H,25,27)/t19-/m0/s1. The molecule has 0 aromatic heterocycles. The van der Waals surface area contributed by atoms with Crippen molar-refractivity contribution in [1.82, 2.24) is 5.32 Å². The van der Waals surface area contributed by atoms with Gasteiger partial charge in [0.25, 0.3) is 5.91 Å². The number of halogens is 2. The van der Waals surface area contributed by atoms with Crippen LogP contribution in [0.3, 0.4) is 0 Å². The SMILES string of the molecule is CCS(=O)(=O)Nc1ccc(NC(=O)[C@@H](NC(=O)c2c(F)cccc2F)C(C)C)cc1C. The van der Waals surface area contributed by atoms with Crippen LogP contribution in [-0.4, -0.2) is 32.0 Å². The molecule has 0 aliphatic rings. The van der Waals surface area contributed by atoms with Crippen LogP contribution in [0.4, 0.5) is 20.2 Å². The summed E-state index contributed by atoms with van der Waals surface area (Å²) in [6.45, 7) is 6.54. The lowest BCUT2D eigenvalue weighted by Crippen LogP contribution is -2.47. The van der Waals surface area contributed by atoms with Crippen LogP contribution in [0.25, 0.3) is 0 Å². The third kappa shape index (κ3) is 6.24. The van der Waals surface area contributed by atoms with Crippen molar-refractivity contribution in [3.63, 3.8) is 0 Å². The summed E-state index contributed by atoms with van der Waals surface area (Å²) >= 11 is 0. The van der Waals surface area contributed by atoms with Gasteiger partial charge in [-0.2, -0.15) is 0 Å². The number of sulfonamides is 1. The Labute approximate surface area is 180 Å². The molecule has 0 saturated carbocycles. The fraction of sp³-hybridized carbons (Fsp3) is 0.333. The Hall–Kier alpha value is -3.01. The zero-order valence-corrected chi connectivity index (χ0v) is 18.4. The smallest absolute Gasteiger partial charge is 0.257 e. The zero-order chi connectivity index (χ0) is 23.3. The van der Waals surface area contributed by atoms with Crippen LogP contribution in [0.1, 0.15) is 36.7 Å². The molecule has 0 saturated heterocycles. The van der Waals surface area contributed by atoms with Gasteiger partial charge in [0, 0.05) is 5.69 Å². The number of anilines is 2. The molecule has 0 aliphatic carbocycles. The first-order chi connectivity index (χ1) is 14.4. The van der Waals surface area contributed by atoms with E-state index in [4.69, 9.17) is 0 Å². The Morgan fingerprint density at radius 1 is 1.06 bits per heavy atom. The minimum absolute atomic E-state index is 0.0801. The van der Waals surface area contributed by atoms with Crippen molar-refractivity contribution in [3.8, 4) is 0 Å². The van der Waals surface area contributed by atoms with Gasteiger partial charge in [0.2, 0.25) is 15.9 Å². The number of rotatable bonds is 8. The van der Waals surface area contributed by atoms with Gasteiger partial charge in [0.15, 0.2) is 0 Å². The van der Waals surface area contributed by atoms with E-state index in [1.54, 1.807) is 26.8 Å². The van der Waals surface area contributed by atoms with Gasteiger partial charge in [-0.1, -0.05) is 19.9 Å². The Bertz CT molecular complexity index is 1070. The molecule has 2 aromatic carbocycles. The van der Waals surface area contributed by atoms with Gasteiger partial charge >= 0.3 is 0 Å². The van der Waals surface area contributed by atoms with Crippen molar-refractivity contribution in [2.45, 2.75) is 33.7 Å². The van der Waals surface area contributed by atoms with E-state index >= 15 is 0 Å². The second-order valence-electron chi connectivity index (χ2n) is 7.32. The maximum Gasteiger partial charge on any atom is 0.257 e. The highest BCUT2D eigenvalue weighted by atomic mass is 32.2. The highest BCUT2D eigenvalue weighted by Crippen LogP contribution is 2.21. The van der Waals surface area contributed by atoms with Crippen molar-refractivity contribution >= 4 is 33.2 Å². The van der Waals surface area contributed by atoms with Crippen LogP contribution < -0.4 is 15.4 Å². The van der Waals surface area contributed by atoms with Crippen molar-refractivity contribution in [2.24, 2.45) is 5.92 Å². The minimum atomic E-state index is -3.45. The molecule has 0 radical (unpaired) electrons. The molecule has 0 aliphatic heterocycles. The lowest BCUT2D eigenvalue weighted by atomic mass is 10.0. The Morgan fingerprint density at radius 3 is 2.19 bits per heavy atom. The lowest BCUT2D eigenvalue weighted by molar-refractivity contribution is -0.118. The number of hydrogen-bond acceptors (Lipinski definition) is 4. The van der Waals surface area contributed by atoms with E-state index in [9.17, 15) is 26.8 Å². The molecule has 2 aromatic rings. The number of hydrogen-bond donors (Lipinski definition) is 3. The monoisotopic (exact) mass is 453 g/mol. The van der Waals surface area contributed by atoms with E-state index in [-0.39, 0.29) is 11.7 Å². The maximum absolute atomic E-state index is 13.9. The first-order valence-corrected chi connectivity index (χ1v) is 11.3. The largest absolute Gasteiger partial charge is 0.340 e. The van der Waals surface area contributed by atoms with Gasteiger partial charge < -0.3 is 10.6 Å². The summed E-state index contributed by atoms with van der Waals surface area (Å²) in [4.78, 5) is 25.1. The third-order valence-corrected chi connectivity index (χ3v) is 5.86. The normalized spacial score (nSPS) is 12.4. The van der Waals surface area contributed by atoms with E-state index in [0.29, 0.717) is 16.9 Å². The summed E-state index contributed by atoms with van der Waals surface area (Å²) in [7, 11) is -3.45. The van der Waals surface area contributed by atoms with Crippen molar-refractivity contribution < 1.29 is 26.8 Å². The fourth-order valence-corrected chi connectivity index (χ4v) is 3.49. The zero-order valence-electron chi connectivity index (χ0n) is 17.6. The Morgan fingerprint density at radius 2 is 1.68 bits per heavy atom. The molecule has 168 valence electrons. The van der Waals surface area contributed by atoms with E-state index in [2.05, 4.69) is 15.4 Å². The highest BCUT2D eigenvalue weighted by Gasteiger charge is 2.27. The number of aryl methyl sites for hydroxylation is 1. The number of benzene rings is 2. The quantitative estimate of drug-likeness (QED) is 0.570. The first-order valence-electron chi connectivity index (χ1n) is 9.62. The maximum atomic E-state index is 13.9. The van der Waals surface area contributed by atoms with Crippen molar-refractivity contribution in [3.05, 3.63) is 59.2 Å². The van der Waals surface area contributed by atoms with Gasteiger partial charge in [-0.05, 0) is 55.7 Å². The van der Waals surface area contributed by atoms with Gasteiger partial charge in [0.1, 0.15) is 23.2 Å². The highest BCUT2D eigenvalue weighted by molar-refractivity contribution is 7.92. The molecule has 0 bridgehead atoms. The van der Waals surface area contributed by atoms with Gasteiger partial charge in [0.05, 0.1) is 11.4 Å². The summed E-state index contributed by atoms with van der Waals surface area (Å²) in [5, 5.41) is 5.01. The van der Waals surface area contributed by atoms with Crippen molar-refractivity contribution in [2.75, 3.05) is 15.8 Å².